The second-order valence-electron chi connectivity index (χ2n) is 6.28. The van der Waals surface area contributed by atoms with Crippen molar-refractivity contribution in [1.82, 2.24) is 10.2 Å². The molecule has 1 N–H and O–H groups in total. The Balaban J connectivity index is 2.07. The molecule has 1 heterocycles. The average molecular weight is 294 g/mol. The Morgan fingerprint density at radius 2 is 2.05 bits per heavy atom. The first-order valence-corrected chi connectivity index (χ1v) is 7.89. The van der Waals surface area contributed by atoms with Gasteiger partial charge in [0, 0.05) is 31.1 Å². The zero-order chi connectivity index (χ0) is 15.5. The highest BCUT2D eigenvalue weighted by atomic mass is 19.1. The first kappa shape index (κ1) is 16.2. The molecule has 0 saturated heterocycles. The van der Waals surface area contributed by atoms with Gasteiger partial charge in [0.25, 0.3) is 0 Å². The van der Waals surface area contributed by atoms with Crippen molar-refractivity contribution < 1.29 is 9.13 Å². The number of likely N-dealkylation sites (N-methyl/N-ethyl adjacent to an activating group) is 1. The van der Waals surface area contributed by atoms with Crippen LogP contribution < -0.4 is 10.1 Å². The third kappa shape index (κ3) is 4.17. The highest BCUT2D eigenvalue weighted by molar-refractivity contribution is 5.39. The highest BCUT2D eigenvalue weighted by Crippen LogP contribution is 2.39. The lowest BCUT2D eigenvalue weighted by molar-refractivity contribution is 0.0653. The van der Waals surface area contributed by atoms with Crippen molar-refractivity contribution in [2.24, 2.45) is 0 Å². The van der Waals surface area contributed by atoms with Crippen LogP contribution in [0.2, 0.25) is 0 Å². The van der Waals surface area contributed by atoms with Crippen LogP contribution in [0.3, 0.4) is 0 Å². The molecule has 1 aliphatic rings. The highest BCUT2D eigenvalue weighted by Gasteiger charge is 2.33. The summed E-state index contributed by atoms with van der Waals surface area (Å²) in [5.41, 5.74) is 0.714. The quantitative estimate of drug-likeness (QED) is 0.870. The molecule has 1 aliphatic heterocycles. The number of nitrogens with zero attached hydrogens (tertiary/aromatic N) is 1. The van der Waals surface area contributed by atoms with Gasteiger partial charge in [-0.3, -0.25) is 0 Å². The molecule has 0 aromatic heterocycles. The molecule has 0 aliphatic carbocycles. The first-order valence-electron chi connectivity index (χ1n) is 7.89. The summed E-state index contributed by atoms with van der Waals surface area (Å²) in [4.78, 5) is 2.38. The largest absolute Gasteiger partial charge is 0.487 e. The van der Waals surface area contributed by atoms with Crippen LogP contribution in [0.1, 0.15) is 45.7 Å². The number of benzene rings is 1. The van der Waals surface area contributed by atoms with Crippen LogP contribution >= 0.6 is 0 Å². The zero-order valence-corrected chi connectivity index (χ0v) is 13.6. The van der Waals surface area contributed by atoms with Crippen LogP contribution in [0.15, 0.2) is 18.2 Å². The molecule has 3 nitrogen and oxygen atoms in total. The van der Waals surface area contributed by atoms with Gasteiger partial charge in [0.05, 0.1) is 0 Å². The molecule has 0 bridgehead atoms. The lowest BCUT2D eigenvalue weighted by Gasteiger charge is -2.38. The van der Waals surface area contributed by atoms with E-state index < -0.39 is 0 Å². The predicted octanol–water partition coefficient (Wildman–Crippen LogP) is 3.36. The predicted molar refractivity (Wildman–Crippen MR) is 84.3 cm³/mol. The Hall–Kier alpha value is -1.13. The molecule has 4 heteroatoms. The van der Waals surface area contributed by atoms with Crippen molar-refractivity contribution in [3.05, 3.63) is 29.6 Å². The van der Waals surface area contributed by atoms with Crippen molar-refractivity contribution >= 4 is 0 Å². The van der Waals surface area contributed by atoms with Gasteiger partial charge in [-0.1, -0.05) is 13.8 Å². The number of nitrogens with one attached hydrogen (secondary N) is 1. The van der Waals surface area contributed by atoms with Gasteiger partial charge >= 0.3 is 0 Å². The third-order valence-electron chi connectivity index (χ3n) is 4.14. The molecule has 1 aromatic rings. The smallest absolute Gasteiger partial charge is 0.125 e. The third-order valence-corrected chi connectivity index (χ3v) is 4.14. The molecule has 21 heavy (non-hydrogen) atoms. The Kier molecular flexibility index (Phi) is 5.22. The molecule has 2 rings (SSSR count). The topological polar surface area (TPSA) is 24.5 Å². The van der Waals surface area contributed by atoms with Gasteiger partial charge in [0.1, 0.15) is 17.2 Å². The van der Waals surface area contributed by atoms with Crippen LogP contribution in [0.5, 0.6) is 5.75 Å². The molecule has 1 unspecified atom stereocenters. The SMILES string of the molecule is CCN(CC)CCNC1CC(C)(C)Oc2ccc(F)cc21. The molecular formula is C17H27FN2O. The molecule has 118 valence electrons. The Labute approximate surface area is 127 Å². The molecule has 1 aromatic carbocycles. The van der Waals surface area contributed by atoms with Crippen molar-refractivity contribution in [3.63, 3.8) is 0 Å². The summed E-state index contributed by atoms with van der Waals surface area (Å²) in [6, 6.07) is 4.95. The van der Waals surface area contributed by atoms with E-state index in [0.717, 1.165) is 43.9 Å². The van der Waals surface area contributed by atoms with E-state index in [2.05, 4.69) is 37.9 Å². The number of rotatable bonds is 6. The summed E-state index contributed by atoms with van der Waals surface area (Å²) in [6.07, 6.45) is 0.849. The van der Waals surface area contributed by atoms with Crippen LogP contribution in [-0.2, 0) is 0 Å². The summed E-state index contributed by atoms with van der Waals surface area (Å²) in [7, 11) is 0. The fourth-order valence-corrected chi connectivity index (χ4v) is 2.94. The maximum atomic E-state index is 13.5. The Bertz CT molecular complexity index is 472. The molecule has 0 spiro atoms. The van der Waals surface area contributed by atoms with Gasteiger partial charge in [0.2, 0.25) is 0 Å². The fraction of sp³-hybridized carbons (Fsp3) is 0.647. The maximum absolute atomic E-state index is 13.5. The Morgan fingerprint density at radius 1 is 1.33 bits per heavy atom. The minimum absolute atomic E-state index is 0.148. The molecule has 0 saturated carbocycles. The van der Waals surface area contributed by atoms with Crippen LogP contribution in [-0.4, -0.2) is 36.7 Å². The number of hydrogen-bond acceptors (Lipinski definition) is 3. The summed E-state index contributed by atoms with van der Waals surface area (Å²) in [5, 5.41) is 3.57. The van der Waals surface area contributed by atoms with Gasteiger partial charge in [-0.15, -0.1) is 0 Å². The van der Waals surface area contributed by atoms with Crippen molar-refractivity contribution in [2.75, 3.05) is 26.2 Å². The van der Waals surface area contributed by atoms with Crippen LogP contribution in [0, 0.1) is 5.82 Å². The monoisotopic (exact) mass is 294 g/mol. The van der Waals surface area contributed by atoms with E-state index in [0.29, 0.717) is 0 Å². The lowest BCUT2D eigenvalue weighted by atomic mass is 9.89. The summed E-state index contributed by atoms with van der Waals surface area (Å²) >= 11 is 0. The zero-order valence-electron chi connectivity index (χ0n) is 13.6. The normalized spacial score (nSPS) is 20.2. The molecule has 1 atom stereocenters. The van der Waals surface area contributed by atoms with Gasteiger partial charge in [-0.25, -0.2) is 4.39 Å². The van der Waals surface area contributed by atoms with E-state index >= 15 is 0 Å². The summed E-state index contributed by atoms with van der Waals surface area (Å²) in [6.45, 7) is 12.5. The second-order valence-corrected chi connectivity index (χ2v) is 6.28. The Morgan fingerprint density at radius 3 is 2.71 bits per heavy atom. The second kappa shape index (κ2) is 6.75. The minimum atomic E-state index is -0.225. The molecular weight excluding hydrogens is 267 g/mol. The molecule has 0 radical (unpaired) electrons. The van der Waals surface area contributed by atoms with Crippen LogP contribution in [0.25, 0.3) is 0 Å². The van der Waals surface area contributed by atoms with Gasteiger partial charge in [-0.05, 0) is 45.1 Å². The van der Waals surface area contributed by atoms with E-state index in [4.69, 9.17) is 4.74 Å². The van der Waals surface area contributed by atoms with Crippen molar-refractivity contribution in [2.45, 2.75) is 45.8 Å². The minimum Gasteiger partial charge on any atom is -0.487 e. The van der Waals surface area contributed by atoms with E-state index in [1.807, 2.05) is 0 Å². The summed E-state index contributed by atoms with van der Waals surface area (Å²) in [5.74, 6) is 0.598. The van der Waals surface area contributed by atoms with Gasteiger partial charge < -0.3 is 15.0 Å². The molecule has 0 fully saturated rings. The standard InChI is InChI=1S/C17H27FN2O/c1-5-20(6-2)10-9-19-15-12-17(3,4)21-16-8-7-13(18)11-14(15)16/h7-8,11,15,19H,5-6,9-10,12H2,1-4H3. The summed E-state index contributed by atoms with van der Waals surface area (Å²) < 4.78 is 19.5. The van der Waals surface area contributed by atoms with E-state index in [1.165, 1.54) is 6.07 Å². The van der Waals surface area contributed by atoms with E-state index in [1.54, 1.807) is 12.1 Å². The average Bonchev–Trinajstić information content (AvgIpc) is 2.43. The van der Waals surface area contributed by atoms with Crippen molar-refractivity contribution in [1.29, 1.82) is 0 Å². The molecule has 0 amide bonds. The maximum Gasteiger partial charge on any atom is 0.125 e. The van der Waals surface area contributed by atoms with Gasteiger partial charge in [0.15, 0.2) is 0 Å². The van der Waals surface area contributed by atoms with Gasteiger partial charge in [-0.2, -0.15) is 0 Å². The fourth-order valence-electron chi connectivity index (χ4n) is 2.94. The number of fused-ring (bicyclic) bond motifs is 1. The number of hydrogen-bond donors (Lipinski definition) is 1. The lowest BCUT2D eigenvalue weighted by Crippen LogP contribution is -2.41. The first-order chi connectivity index (χ1) is 9.95. The van der Waals surface area contributed by atoms with Crippen molar-refractivity contribution in [3.8, 4) is 5.75 Å². The number of ether oxygens (including phenoxy) is 1. The van der Waals surface area contributed by atoms with E-state index in [-0.39, 0.29) is 17.5 Å². The van der Waals surface area contributed by atoms with Crippen LogP contribution in [0.4, 0.5) is 4.39 Å². The van der Waals surface area contributed by atoms with E-state index in [9.17, 15) is 4.39 Å². The number of halogens is 1.